The van der Waals surface area contributed by atoms with Crippen LogP contribution in [0.2, 0.25) is 0 Å². The molecule has 120 valence electrons. The molecular formula is C14H22N5OPS. The second-order valence-corrected chi connectivity index (χ2v) is 9.53. The van der Waals surface area contributed by atoms with Crippen molar-refractivity contribution >= 4 is 18.3 Å². The zero-order valence-electron chi connectivity index (χ0n) is 13.5. The largest absolute Gasteiger partial charge is 0.379 e. The van der Waals surface area contributed by atoms with Crippen LogP contribution in [0.25, 0.3) is 0 Å². The molecule has 0 saturated carbocycles. The molecular weight excluding hydrogens is 317 g/mol. The Kier molecular flexibility index (Phi) is 4.25. The molecule has 1 aliphatic rings. The molecule has 0 aliphatic carbocycles. The first kappa shape index (κ1) is 15.9. The average molecular weight is 339 g/mol. The minimum atomic E-state index is -2.34. The zero-order valence-corrected chi connectivity index (χ0v) is 15.2. The van der Waals surface area contributed by atoms with Crippen LogP contribution in [0.5, 0.6) is 0 Å². The summed E-state index contributed by atoms with van der Waals surface area (Å²) in [6.45, 7) is 8.84. The Morgan fingerprint density at radius 1 is 0.955 bits per heavy atom. The topological polar surface area (TPSA) is 48.1 Å². The predicted octanol–water partition coefficient (Wildman–Crippen LogP) is 2.27. The second kappa shape index (κ2) is 5.89. The van der Waals surface area contributed by atoms with Crippen molar-refractivity contribution < 1.29 is 4.74 Å². The first-order chi connectivity index (χ1) is 10.4. The van der Waals surface area contributed by atoms with E-state index in [1.165, 1.54) is 0 Å². The van der Waals surface area contributed by atoms with E-state index in [4.69, 9.17) is 26.7 Å². The highest BCUT2D eigenvalue weighted by atomic mass is 32.4. The molecule has 1 fully saturated rings. The van der Waals surface area contributed by atoms with Gasteiger partial charge in [0.15, 0.2) is 0 Å². The molecule has 22 heavy (non-hydrogen) atoms. The Hall–Kier alpha value is -1.01. The quantitative estimate of drug-likeness (QED) is 0.803. The van der Waals surface area contributed by atoms with E-state index >= 15 is 0 Å². The van der Waals surface area contributed by atoms with Crippen molar-refractivity contribution in [2.45, 2.75) is 27.7 Å². The van der Waals surface area contributed by atoms with E-state index in [-0.39, 0.29) is 0 Å². The van der Waals surface area contributed by atoms with Crippen LogP contribution in [-0.2, 0) is 16.5 Å². The fourth-order valence-corrected chi connectivity index (χ4v) is 7.15. The Labute approximate surface area is 136 Å². The van der Waals surface area contributed by atoms with Gasteiger partial charge in [-0.05, 0) is 51.6 Å². The van der Waals surface area contributed by atoms with Crippen molar-refractivity contribution in [3.63, 3.8) is 0 Å². The summed E-state index contributed by atoms with van der Waals surface area (Å²) < 4.78 is 11.9. The van der Waals surface area contributed by atoms with E-state index in [2.05, 4.69) is 30.7 Å². The predicted molar refractivity (Wildman–Crippen MR) is 90.9 cm³/mol. The van der Waals surface area contributed by atoms with E-state index in [1.807, 2.05) is 22.8 Å². The molecule has 0 amide bonds. The van der Waals surface area contributed by atoms with Crippen molar-refractivity contribution in [3.8, 4) is 0 Å². The van der Waals surface area contributed by atoms with E-state index < -0.39 is 6.49 Å². The number of hydrogen-bond donors (Lipinski definition) is 0. The van der Waals surface area contributed by atoms with E-state index in [9.17, 15) is 0 Å². The maximum absolute atomic E-state index is 6.24. The standard InChI is InChI=1S/C14H22N5OPS/c1-11-9-13(3)18(15-11)21(22,17-5-7-20-8-6-17)19-14(4)10-12(2)16-19/h9-10H,5-8H2,1-4H3. The molecule has 0 radical (unpaired) electrons. The lowest BCUT2D eigenvalue weighted by atomic mass is 10.4. The maximum atomic E-state index is 6.24. The van der Waals surface area contributed by atoms with Crippen LogP contribution >= 0.6 is 6.49 Å². The van der Waals surface area contributed by atoms with Gasteiger partial charge in [-0.25, -0.2) is 13.6 Å². The molecule has 1 aliphatic heterocycles. The Balaban J connectivity index is 2.19. The lowest BCUT2D eigenvalue weighted by molar-refractivity contribution is 0.0733. The molecule has 8 heteroatoms. The normalized spacial score (nSPS) is 17.1. The monoisotopic (exact) mass is 339 g/mol. The number of aryl methyl sites for hydroxylation is 4. The van der Waals surface area contributed by atoms with Gasteiger partial charge in [-0.15, -0.1) is 0 Å². The highest BCUT2D eigenvalue weighted by molar-refractivity contribution is 8.11. The smallest absolute Gasteiger partial charge is 0.234 e. The van der Waals surface area contributed by atoms with Crippen LogP contribution in [0.1, 0.15) is 22.8 Å². The molecule has 2 aromatic heterocycles. The van der Waals surface area contributed by atoms with Crippen molar-refractivity contribution in [1.82, 2.24) is 23.8 Å². The lowest BCUT2D eigenvalue weighted by Gasteiger charge is -2.38. The molecule has 0 spiro atoms. The second-order valence-electron chi connectivity index (χ2n) is 5.71. The Morgan fingerprint density at radius 3 is 1.77 bits per heavy atom. The van der Waals surface area contributed by atoms with E-state index in [0.717, 1.165) is 35.9 Å². The fourth-order valence-electron chi connectivity index (χ4n) is 2.90. The van der Waals surface area contributed by atoms with Gasteiger partial charge in [-0.2, -0.15) is 10.2 Å². The van der Waals surface area contributed by atoms with Gasteiger partial charge < -0.3 is 4.74 Å². The number of rotatable bonds is 3. The molecule has 3 rings (SSSR count). The molecule has 2 aromatic rings. The van der Waals surface area contributed by atoms with Crippen molar-refractivity contribution in [2.75, 3.05) is 26.3 Å². The number of hydrogen-bond acceptors (Lipinski definition) is 4. The third kappa shape index (κ3) is 2.56. The van der Waals surface area contributed by atoms with Gasteiger partial charge in [-0.3, -0.25) is 0 Å². The SMILES string of the molecule is Cc1cc(C)n(P(=S)(N2CCOCC2)n2nc(C)cc2C)n1. The summed E-state index contributed by atoms with van der Waals surface area (Å²) in [6.07, 6.45) is 0. The van der Waals surface area contributed by atoms with Gasteiger partial charge >= 0.3 is 0 Å². The average Bonchev–Trinajstić information content (AvgIpc) is 3.01. The van der Waals surface area contributed by atoms with Crippen LogP contribution in [0.15, 0.2) is 12.1 Å². The summed E-state index contributed by atoms with van der Waals surface area (Å²) in [7, 11) is 0. The zero-order chi connectivity index (χ0) is 15.9. The minimum absolute atomic E-state index is 0.705. The molecule has 0 aromatic carbocycles. The fraction of sp³-hybridized carbons (Fsp3) is 0.571. The van der Waals surface area contributed by atoms with Crippen LogP contribution in [0.4, 0.5) is 0 Å². The van der Waals surface area contributed by atoms with Crippen molar-refractivity contribution in [3.05, 3.63) is 34.9 Å². The van der Waals surface area contributed by atoms with E-state index in [0.29, 0.717) is 13.2 Å². The van der Waals surface area contributed by atoms with E-state index in [1.54, 1.807) is 0 Å². The lowest BCUT2D eigenvalue weighted by Crippen LogP contribution is -2.38. The van der Waals surface area contributed by atoms with Crippen LogP contribution in [-0.4, -0.2) is 50.1 Å². The number of ether oxygens (including phenoxy) is 1. The van der Waals surface area contributed by atoms with Crippen molar-refractivity contribution in [2.24, 2.45) is 0 Å². The molecule has 0 atom stereocenters. The molecule has 0 N–H and O–H groups in total. The Bertz CT molecular complexity index is 681. The molecule has 6 nitrogen and oxygen atoms in total. The first-order valence-electron chi connectivity index (χ1n) is 7.44. The minimum Gasteiger partial charge on any atom is -0.379 e. The summed E-state index contributed by atoms with van der Waals surface area (Å²) in [5.74, 6) is 0. The summed E-state index contributed by atoms with van der Waals surface area (Å²) in [4.78, 5) is 0. The molecule has 3 heterocycles. The summed E-state index contributed by atoms with van der Waals surface area (Å²) >= 11 is 6.24. The van der Waals surface area contributed by atoms with Gasteiger partial charge in [0.05, 0.1) is 24.6 Å². The van der Waals surface area contributed by atoms with Gasteiger partial charge in [0.2, 0.25) is 6.49 Å². The maximum Gasteiger partial charge on any atom is 0.234 e. The highest BCUT2D eigenvalue weighted by Crippen LogP contribution is 2.53. The van der Waals surface area contributed by atoms with Gasteiger partial charge in [0.25, 0.3) is 0 Å². The van der Waals surface area contributed by atoms with Gasteiger partial charge in [0.1, 0.15) is 0 Å². The van der Waals surface area contributed by atoms with Crippen LogP contribution in [0, 0.1) is 27.7 Å². The Morgan fingerprint density at radius 2 is 1.41 bits per heavy atom. The first-order valence-corrected chi connectivity index (χ1v) is 10.1. The van der Waals surface area contributed by atoms with Gasteiger partial charge in [-0.1, -0.05) is 0 Å². The highest BCUT2D eigenvalue weighted by Gasteiger charge is 2.35. The van der Waals surface area contributed by atoms with Crippen LogP contribution in [0.3, 0.4) is 0 Å². The molecule has 0 bridgehead atoms. The third-order valence-corrected chi connectivity index (χ3v) is 8.38. The summed E-state index contributed by atoms with van der Waals surface area (Å²) in [5, 5.41) is 9.41. The van der Waals surface area contributed by atoms with Crippen LogP contribution < -0.4 is 0 Å². The number of aromatic nitrogens is 4. The van der Waals surface area contributed by atoms with Crippen molar-refractivity contribution in [1.29, 1.82) is 0 Å². The third-order valence-electron chi connectivity index (χ3n) is 3.82. The van der Waals surface area contributed by atoms with Gasteiger partial charge in [0, 0.05) is 24.5 Å². The molecule has 1 saturated heterocycles. The summed E-state index contributed by atoms with van der Waals surface area (Å²) in [5.41, 5.74) is 4.14. The number of morpholine rings is 1. The number of nitrogens with zero attached hydrogens (tertiary/aromatic N) is 5. The summed E-state index contributed by atoms with van der Waals surface area (Å²) in [6, 6.07) is 4.15. The molecule has 0 unspecified atom stereocenters.